The summed E-state index contributed by atoms with van der Waals surface area (Å²) in [5, 5.41) is 9.39. The number of benzene rings is 2. The van der Waals surface area contributed by atoms with Crippen molar-refractivity contribution in [1.29, 1.82) is 0 Å². The lowest BCUT2D eigenvalue weighted by molar-refractivity contribution is -0.118. The highest BCUT2D eigenvalue weighted by Gasteiger charge is 2.10. The molecule has 1 aromatic heterocycles. The molecule has 1 amide bonds. The van der Waals surface area contributed by atoms with Gasteiger partial charge in [-0.3, -0.25) is 15.2 Å². The van der Waals surface area contributed by atoms with Crippen LogP contribution in [-0.4, -0.2) is 34.8 Å². The van der Waals surface area contributed by atoms with Crippen LogP contribution >= 0.6 is 0 Å². The van der Waals surface area contributed by atoms with E-state index in [2.05, 4.69) is 20.5 Å². The highest BCUT2D eigenvalue weighted by Crippen LogP contribution is 2.20. The molecule has 0 aliphatic rings. The van der Waals surface area contributed by atoms with Gasteiger partial charge in [0.25, 0.3) is 5.91 Å². The number of anilines is 1. The summed E-state index contributed by atoms with van der Waals surface area (Å²) >= 11 is 0. The fourth-order valence-corrected chi connectivity index (χ4v) is 2.22. The van der Waals surface area contributed by atoms with Gasteiger partial charge in [-0.1, -0.05) is 18.2 Å². The van der Waals surface area contributed by atoms with E-state index in [1.165, 1.54) is 0 Å². The van der Waals surface area contributed by atoms with Crippen LogP contribution in [-0.2, 0) is 4.79 Å². The molecule has 0 aliphatic carbocycles. The number of methoxy groups -OCH3 is 1. The van der Waals surface area contributed by atoms with Crippen molar-refractivity contribution in [2.45, 2.75) is 6.92 Å². The second kappa shape index (κ2) is 7.48. The average molecular weight is 338 g/mol. The Morgan fingerprint density at radius 1 is 1.16 bits per heavy atom. The van der Waals surface area contributed by atoms with Crippen LogP contribution in [0.5, 0.6) is 11.5 Å². The summed E-state index contributed by atoms with van der Waals surface area (Å²) in [6.07, 6.45) is 0. The van der Waals surface area contributed by atoms with Crippen LogP contribution in [0, 0.1) is 6.92 Å². The second-order valence-corrected chi connectivity index (χ2v) is 5.34. The maximum absolute atomic E-state index is 12.0. The molecule has 7 heteroatoms. The first-order chi connectivity index (χ1) is 12.2. The summed E-state index contributed by atoms with van der Waals surface area (Å²) in [7, 11) is 1.61. The number of ether oxygens (including phenoxy) is 2. The number of nitrogens with zero attached hydrogens (tertiary/aromatic N) is 2. The Kier molecular flexibility index (Phi) is 4.94. The number of aromatic nitrogens is 3. The maximum atomic E-state index is 12.0. The summed E-state index contributed by atoms with van der Waals surface area (Å²) in [6.45, 7) is 1.81. The molecule has 2 aromatic carbocycles. The number of carbonyl (C=O) groups is 1. The third-order valence-electron chi connectivity index (χ3n) is 3.55. The van der Waals surface area contributed by atoms with E-state index in [0.29, 0.717) is 11.6 Å². The lowest BCUT2D eigenvalue weighted by Gasteiger charge is -2.07. The lowest BCUT2D eigenvalue weighted by atomic mass is 10.2. The Morgan fingerprint density at radius 2 is 1.92 bits per heavy atom. The van der Waals surface area contributed by atoms with Crippen LogP contribution < -0.4 is 14.8 Å². The third-order valence-corrected chi connectivity index (χ3v) is 3.55. The highest BCUT2D eigenvalue weighted by atomic mass is 16.5. The van der Waals surface area contributed by atoms with Gasteiger partial charge in [0, 0.05) is 5.56 Å². The van der Waals surface area contributed by atoms with Crippen LogP contribution in [0.2, 0.25) is 0 Å². The largest absolute Gasteiger partial charge is 0.497 e. The molecule has 0 saturated heterocycles. The van der Waals surface area contributed by atoms with E-state index >= 15 is 0 Å². The highest BCUT2D eigenvalue weighted by molar-refractivity contribution is 5.90. The van der Waals surface area contributed by atoms with Crippen molar-refractivity contribution in [2.75, 3.05) is 19.0 Å². The van der Waals surface area contributed by atoms with Crippen molar-refractivity contribution in [1.82, 2.24) is 15.2 Å². The lowest BCUT2D eigenvalue weighted by Crippen LogP contribution is -2.21. The number of H-pyrrole nitrogens is 1. The number of carbonyl (C=O) groups excluding carboxylic acids is 1. The molecule has 2 N–H and O–H groups in total. The van der Waals surface area contributed by atoms with Gasteiger partial charge < -0.3 is 9.47 Å². The van der Waals surface area contributed by atoms with E-state index < -0.39 is 0 Å². The number of amides is 1. The molecule has 3 aromatic rings. The smallest absolute Gasteiger partial charge is 0.264 e. The Labute approximate surface area is 145 Å². The van der Waals surface area contributed by atoms with Gasteiger partial charge >= 0.3 is 0 Å². The molecule has 7 nitrogen and oxygen atoms in total. The maximum Gasteiger partial charge on any atom is 0.264 e. The van der Waals surface area contributed by atoms with Crippen LogP contribution in [0.3, 0.4) is 0 Å². The SMILES string of the molecule is COc1ccc(-c2nc(NC(=O)COc3ccccc3C)n[nH]2)cc1. The molecule has 0 atom stereocenters. The molecular weight excluding hydrogens is 320 g/mol. The molecule has 1 heterocycles. The monoisotopic (exact) mass is 338 g/mol. The normalized spacial score (nSPS) is 10.3. The zero-order chi connectivity index (χ0) is 17.6. The number of hydrogen-bond acceptors (Lipinski definition) is 5. The number of nitrogens with one attached hydrogen (secondary N) is 2. The summed E-state index contributed by atoms with van der Waals surface area (Å²) < 4.78 is 10.6. The number of rotatable bonds is 6. The van der Waals surface area contributed by atoms with Gasteiger partial charge in [0.15, 0.2) is 12.4 Å². The first kappa shape index (κ1) is 16.5. The summed E-state index contributed by atoms with van der Waals surface area (Å²) in [4.78, 5) is 16.2. The topological polar surface area (TPSA) is 89.1 Å². The number of hydrogen-bond donors (Lipinski definition) is 2. The van der Waals surface area contributed by atoms with E-state index in [4.69, 9.17) is 9.47 Å². The minimum Gasteiger partial charge on any atom is -0.497 e. The first-order valence-electron chi connectivity index (χ1n) is 7.71. The van der Waals surface area contributed by atoms with Crippen molar-refractivity contribution < 1.29 is 14.3 Å². The Morgan fingerprint density at radius 3 is 2.64 bits per heavy atom. The number of para-hydroxylation sites is 1. The predicted octanol–water partition coefficient (Wildman–Crippen LogP) is 2.81. The van der Waals surface area contributed by atoms with Gasteiger partial charge in [0.05, 0.1) is 7.11 Å². The molecule has 0 aliphatic heterocycles. The van der Waals surface area contributed by atoms with E-state index in [-0.39, 0.29) is 18.5 Å². The van der Waals surface area contributed by atoms with E-state index in [0.717, 1.165) is 16.9 Å². The number of aromatic amines is 1. The van der Waals surface area contributed by atoms with Crippen molar-refractivity contribution in [3.8, 4) is 22.9 Å². The standard InChI is InChI=1S/C18H18N4O3/c1-12-5-3-4-6-15(12)25-11-16(23)19-18-20-17(21-22-18)13-7-9-14(24-2)10-8-13/h3-10H,11H2,1-2H3,(H2,19,20,21,22,23). The first-order valence-corrected chi connectivity index (χ1v) is 7.71. The minimum atomic E-state index is -0.330. The average Bonchev–Trinajstić information content (AvgIpc) is 3.09. The molecule has 25 heavy (non-hydrogen) atoms. The van der Waals surface area contributed by atoms with Gasteiger partial charge in [-0.15, -0.1) is 5.10 Å². The quantitative estimate of drug-likeness (QED) is 0.721. The molecule has 0 bridgehead atoms. The van der Waals surface area contributed by atoms with Gasteiger partial charge in [0.2, 0.25) is 5.95 Å². The van der Waals surface area contributed by atoms with Crippen LogP contribution in [0.15, 0.2) is 48.5 Å². The molecule has 0 saturated carbocycles. The Bertz CT molecular complexity index is 859. The van der Waals surface area contributed by atoms with E-state index in [9.17, 15) is 4.79 Å². The minimum absolute atomic E-state index is 0.114. The molecule has 128 valence electrons. The van der Waals surface area contributed by atoms with Gasteiger partial charge in [-0.25, -0.2) is 0 Å². The fraction of sp³-hybridized carbons (Fsp3) is 0.167. The van der Waals surface area contributed by atoms with Crippen LogP contribution in [0.1, 0.15) is 5.56 Å². The van der Waals surface area contributed by atoms with Crippen molar-refractivity contribution >= 4 is 11.9 Å². The summed E-state index contributed by atoms with van der Waals surface area (Å²) in [6, 6.07) is 14.9. The van der Waals surface area contributed by atoms with Crippen molar-refractivity contribution in [3.05, 3.63) is 54.1 Å². The van der Waals surface area contributed by atoms with E-state index in [1.807, 2.05) is 55.5 Å². The Hall–Kier alpha value is -3.35. The van der Waals surface area contributed by atoms with Gasteiger partial charge in [-0.2, -0.15) is 4.98 Å². The van der Waals surface area contributed by atoms with Crippen LogP contribution in [0.25, 0.3) is 11.4 Å². The molecule has 0 spiro atoms. The summed E-state index contributed by atoms with van der Waals surface area (Å²) in [5.74, 6) is 1.85. The van der Waals surface area contributed by atoms with Gasteiger partial charge in [0.1, 0.15) is 11.5 Å². The molecule has 0 unspecified atom stereocenters. The van der Waals surface area contributed by atoms with E-state index in [1.54, 1.807) is 7.11 Å². The zero-order valence-corrected chi connectivity index (χ0v) is 13.9. The second-order valence-electron chi connectivity index (χ2n) is 5.34. The van der Waals surface area contributed by atoms with Gasteiger partial charge in [-0.05, 0) is 42.8 Å². The number of aryl methyl sites for hydroxylation is 1. The predicted molar refractivity (Wildman–Crippen MR) is 93.7 cm³/mol. The molecular formula is C18H18N4O3. The zero-order valence-electron chi connectivity index (χ0n) is 13.9. The molecule has 0 fully saturated rings. The van der Waals surface area contributed by atoms with Crippen molar-refractivity contribution in [2.24, 2.45) is 0 Å². The third kappa shape index (κ3) is 4.14. The van der Waals surface area contributed by atoms with Crippen LogP contribution in [0.4, 0.5) is 5.95 Å². The molecule has 3 rings (SSSR count). The summed E-state index contributed by atoms with van der Waals surface area (Å²) in [5.41, 5.74) is 1.81. The Balaban J connectivity index is 1.59. The van der Waals surface area contributed by atoms with Crippen molar-refractivity contribution in [3.63, 3.8) is 0 Å². The fourth-order valence-electron chi connectivity index (χ4n) is 2.22. The molecule has 0 radical (unpaired) electrons.